The van der Waals surface area contributed by atoms with Crippen molar-refractivity contribution in [1.82, 2.24) is 9.38 Å². The number of fused-ring (bicyclic) bond motifs is 1. The Bertz CT molecular complexity index is 1420. The summed E-state index contributed by atoms with van der Waals surface area (Å²) in [6.45, 7) is 3.00. The molecule has 10 heteroatoms. The lowest BCUT2D eigenvalue weighted by atomic mass is 10.0. The van der Waals surface area contributed by atoms with Crippen molar-refractivity contribution in [3.05, 3.63) is 70.7 Å². The standard InChI is InChI=1S/C24H31N4O.C8H6Cl2O3/c1-2-4-10-22(9-3-1)28(23-12-11-20-7-5-6-8-21(20)17-23)19-25-18-26-24(28)27-13-15-29-16-14-27;9-5-1-2-7(6(10)3-5)13-4-8(11)12/h5-8,11-12,17-19,22,24H,1-4,9-10,13-16H2;1-3H,4H2,(H,11,12)/q+1;. The Balaban J connectivity index is 0.000000229. The summed E-state index contributed by atoms with van der Waals surface area (Å²) in [6, 6.07) is 20.7. The summed E-state index contributed by atoms with van der Waals surface area (Å²) >= 11 is 11.3. The smallest absolute Gasteiger partial charge is 0.341 e. The molecule has 0 spiro atoms. The van der Waals surface area contributed by atoms with Gasteiger partial charge in [0.25, 0.3) is 6.29 Å². The molecule has 42 heavy (non-hydrogen) atoms. The number of hydrogen-bond donors (Lipinski definition) is 1. The van der Waals surface area contributed by atoms with Gasteiger partial charge in [0.05, 0.1) is 18.2 Å². The van der Waals surface area contributed by atoms with Gasteiger partial charge in [-0.25, -0.2) is 14.2 Å². The maximum atomic E-state index is 10.2. The molecule has 3 aliphatic rings. The second kappa shape index (κ2) is 14.4. The van der Waals surface area contributed by atoms with Gasteiger partial charge in [-0.05, 0) is 47.9 Å². The molecule has 2 heterocycles. The van der Waals surface area contributed by atoms with Crippen LogP contribution in [-0.4, -0.2) is 73.9 Å². The molecule has 3 aromatic rings. The topological polar surface area (TPSA) is 83.7 Å². The van der Waals surface area contributed by atoms with E-state index in [0.717, 1.165) is 30.8 Å². The zero-order valence-corrected chi connectivity index (χ0v) is 25.1. The van der Waals surface area contributed by atoms with Crippen LogP contribution in [0.25, 0.3) is 10.8 Å². The van der Waals surface area contributed by atoms with Crippen LogP contribution in [-0.2, 0) is 9.53 Å². The molecule has 2 aliphatic heterocycles. The molecular weight excluding hydrogens is 575 g/mol. The largest absolute Gasteiger partial charge is 0.480 e. The lowest BCUT2D eigenvalue weighted by Gasteiger charge is -2.48. The van der Waals surface area contributed by atoms with Gasteiger partial charge in [0.2, 0.25) is 0 Å². The Morgan fingerprint density at radius 2 is 1.71 bits per heavy atom. The Morgan fingerprint density at radius 1 is 0.976 bits per heavy atom. The second-order valence-electron chi connectivity index (χ2n) is 10.8. The maximum Gasteiger partial charge on any atom is 0.341 e. The predicted octanol–water partition coefficient (Wildman–Crippen LogP) is 7.01. The van der Waals surface area contributed by atoms with E-state index in [1.165, 1.54) is 67.1 Å². The van der Waals surface area contributed by atoms with Crippen molar-refractivity contribution in [2.24, 2.45) is 9.98 Å². The van der Waals surface area contributed by atoms with E-state index in [2.05, 4.69) is 58.7 Å². The molecule has 6 rings (SSSR count). The van der Waals surface area contributed by atoms with E-state index in [4.69, 9.17) is 42.8 Å². The van der Waals surface area contributed by atoms with Crippen molar-refractivity contribution in [3.63, 3.8) is 0 Å². The second-order valence-corrected chi connectivity index (χ2v) is 11.6. The normalized spacial score (nSPS) is 23.1. The van der Waals surface area contributed by atoms with E-state index in [0.29, 0.717) is 21.8 Å². The molecule has 2 fully saturated rings. The van der Waals surface area contributed by atoms with E-state index < -0.39 is 12.6 Å². The van der Waals surface area contributed by atoms with Crippen LogP contribution < -0.4 is 9.22 Å². The fourth-order valence-electron chi connectivity index (χ4n) is 6.11. The van der Waals surface area contributed by atoms with E-state index in [1.54, 1.807) is 12.4 Å². The van der Waals surface area contributed by atoms with Gasteiger partial charge >= 0.3 is 5.97 Å². The van der Waals surface area contributed by atoms with Crippen molar-refractivity contribution in [2.75, 3.05) is 32.9 Å². The van der Waals surface area contributed by atoms with Gasteiger partial charge in [-0.1, -0.05) is 60.3 Å². The summed E-state index contributed by atoms with van der Waals surface area (Å²) < 4.78 is 11.2. The summed E-state index contributed by atoms with van der Waals surface area (Å²) in [5.41, 5.74) is 1.31. The first-order valence-corrected chi connectivity index (χ1v) is 15.3. The van der Waals surface area contributed by atoms with Crippen LogP contribution in [0.3, 0.4) is 0 Å². The van der Waals surface area contributed by atoms with Crippen molar-refractivity contribution in [3.8, 4) is 5.75 Å². The van der Waals surface area contributed by atoms with Crippen molar-refractivity contribution in [1.29, 1.82) is 0 Å². The van der Waals surface area contributed by atoms with Crippen LogP contribution in [0, 0.1) is 0 Å². The molecule has 2 atom stereocenters. The summed E-state index contributed by atoms with van der Waals surface area (Å²) in [5, 5.41) is 11.7. The third-order valence-electron chi connectivity index (χ3n) is 8.13. The van der Waals surface area contributed by atoms with E-state index >= 15 is 0 Å². The van der Waals surface area contributed by atoms with Gasteiger partial charge in [-0.15, -0.1) is 0 Å². The fourth-order valence-corrected chi connectivity index (χ4v) is 6.57. The van der Waals surface area contributed by atoms with Gasteiger partial charge < -0.3 is 14.6 Å². The highest BCUT2D eigenvalue weighted by Gasteiger charge is 2.49. The van der Waals surface area contributed by atoms with Crippen LogP contribution >= 0.6 is 23.2 Å². The van der Waals surface area contributed by atoms with Gasteiger partial charge in [-0.2, -0.15) is 9.98 Å². The van der Waals surface area contributed by atoms with Crippen molar-refractivity contribution < 1.29 is 19.4 Å². The zero-order valence-electron chi connectivity index (χ0n) is 23.6. The van der Waals surface area contributed by atoms with Gasteiger partial charge in [0.1, 0.15) is 23.8 Å². The number of aliphatic carboxylic acids is 1. The molecule has 1 saturated heterocycles. The number of carboxylic acid groups (broad SMARTS) is 1. The molecule has 0 bridgehead atoms. The highest BCUT2D eigenvalue weighted by molar-refractivity contribution is 6.35. The quantitative estimate of drug-likeness (QED) is 0.239. The summed E-state index contributed by atoms with van der Waals surface area (Å²) in [5.74, 6) is -0.737. The van der Waals surface area contributed by atoms with Crippen molar-refractivity contribution in [2.45, 2.75) is 50.9 Å². The van der Waals surface area contributed by atoms with Crippen LogP contribution in [0.15, 0.2) is 70.6 Å². The van der Waals surface area contributed by atoms with E-state index in [1.807, 2.05) is 0 Å². The molecule has 222 valence electrons. The number of nitrogens with zero attached hydrogens (tertiary/aromatic N) is 4. The van der Waals surface area contributed by atoms with Crippen LogP contribution in [0.2, 0.25) is 10.0 Å². The SMILES string of the molecule is C1=NC=NC(N2CCOCC2)[N+]1(c1ccc2ccccc2c1)C1CCCCCC1.O=C(O)COc1ccc(Cl)cc1Cl. The maximum absolute atomic E-state index is 10.2. The monoisotopic (exact) mass is 611 g/mol. The van der Waals surface area contributed by atoms with E-state index in [-0.39, 0.29) is 6.29 Å². The number of hydrogen-bond acceptors (Lipinski definition) is 6. The Hall–Kier alpha value is -3.01. The average Bonchev–Trinajstić information content (AvgIpc) is 3.31. The van der Waals surface area contributed by atoms with Crippen LogP contribution in [0.4, 0.5) is 5.69 Å². The number of ether oxygens (including phenoxy) is 2. The highest BCUT2D eigenvalue weighted by Crippen LogP contribution is 2.39. The minimum Gasteiger partial charge on any atom is -0.480 e. The van der Waals surface area contributed by atoms with E-state index in [9.17, 15) is 4.79 Å². The average molecular weight is 613 g/mol. The summed E-state index contributed by atoms with van der Waals surface area (Å²) in [6.07, 6.45) is 11.7. The molecule has 2 unspecified atom stereocenters. The van der Waals surface area contributed by atoms with Crippen molar-refractivity contribution >= 4 is 58.3 Å². The highest BCUT2D eigenvalue weighted by atomic mass is 35.5. The number of carboxylic acids is 1. The van der Waals surface area contributed by atoms with Crippen LogP contribution in [0.1, 0.15) is 38.5 Å². The number of benzene rings is 3. The van der Waals surface area contributed by atoms with Gasteiger partial charge in [-0.3, -0.25) is 0 Å². The molecule has 8 nitrogen and oxygen atoms in total. The number of morpholine rings is 1. The number of aliphatic imine (C=N–C) groups is 2. The zero-order chi connectivity index (χ0) is 29.4. The van der Waals surface area contributed by atoms with Gasteiger partial charge in [0.15, 0.2) is 12.9 Å². The molecule has 0 radical (unpaired) electrons. The Kier molecular flexibility index (Phi) is 10.5. The number of halogens is 2. The molecule has 1 aliphatic carbocycles. The summed E-state index contributed by atoms with van der Waals surface area (Å²) in [4.78, 5) is 22.3. The van der Waals surface area contributed by atoms with Gasteiger partial charge in [0, 0.05) is 43.1 Å². The number of quaternary nitrogens is 1. The Morgan fingerprint density at radius 3 is 2.43 bits per heavy atom. The number of carbonyl (C=O) groups is 1. The predicted molar refractivity (Wildman–Crippen MR) is 170 cm³/mol. The van der Waals surface area contributed by atoms with Crippen LogP contribution in [0.5, 0.6) is 5.75 Å². The number of rotatable bonds is 6. The Labute approximate surface area is 256 Å². The third kappa shape index (κ3) is 7.13. The first kappa shape index (κ1) is 30.4. The lowest BCUT2D eigenvalue weighted by Crippen LogP contribution is -2.68. The molecule has 0 amide bonds. The first-order chi connectivity index (χ1) is 20.5. The minimum atomic E-state index is -1.05. The fraction of sp³-hybridized carbons (Fsp3) is 0.406. The summed E-state index contributed by atoms with van der Waals surface area (Å²) in [7, 11) is 0. The third-order valence-corrected chi connectivity index (χ3v) is 8.66. The molecule has 0 aromatic heterocycles. The molecule has 3 aromatic carbocycles. The lowest BCUT2D eigenvalue weighted by molar-refractivity contribution is -0.139. The first-order valence-electron chi connectivity index (χ1n) is 14.5. The molecule has 1 N–H and O–H groups in total. The molecule has 1 saturated carbocycles. The minimum absolute atomic E-state index is 0.0423. The molecular formula is C32H37Cl2N4O4+.